The summed E-state index contributed by atoms with van der Waals surface area (Å²) in [5.41, 5.74) is 2.69. The van der Waals surface area contributed by atoms with Gasteiger partial charge in [0.1, 0.15) is 0 Å². The van der Waals surface area contributed by atoms with Gasteiger partial charge in [-0.05, 0) is 43.9 Å². The standard InChI is InChI=1S/C15H21N3/c1-2-9-18-15-10-12(3-4-13(15)11-17-18)7-8-16-14-5-6-14/h3-4,10-11,14,16H,2,5-9H2,1H3. The molecule has 0 amide bonds. The van der Waals surface area contributed by atoms with Crippen molar-refractivity contribution in [1.29, 1.82) is 0 Å². The molecule has 3 heteroatoms. The van der Waals surface area contributed by atoms with Crippen LogP contribution in [0.25, 0.3) is 10.9 Å². The Morgan fingerprint density at radius 1 is 1.39 bits per heavy atom. The van der Waals surface area contributed by atoms with Gasteiger partial charge in [0.2, 0.25) is 0 Å². The molecule has 18 heavy (non-hydrogen) atoms. The number of aromatic nitrogens is 2. The van der Waals surface area contributed by atoms with Gasteiger partial charge in [0.15, 0.2) is 0 Å². The number of aryl methyl sites for hydroxylation is 1. The van der Waals surface area contributed by atoms with Crippen LogP contribution in [-0.2, 0) is 13.0 Å². The van der Waals surface area contributed by atoms with Crippen LogP contribution < -0.4 is 5.32 Å². The minimum atomic E-state index is 0.805. The lowest BCUT2D eigenvalue weighted by atomic mass is 10.1. The van der Waals surface area contributed by atoms with E-state index in [0.717, 1.165) is 32.0 Å². The third kappa shape index (κ3) is 2.56. The van der Waals surface area contributed by atoms with Gasteiger partial charge in [-0.1, -0.05) is 19.1 Å². The van der Waals surface area contributed by atoms with Gasteiger partial charge in [-0.2, -0.15) is 5.10 Å². The van der Waals surface area contributed by atoms with Crippen molar-refractivity contribution in [3.8, 4) is 0 Å². The lowest BCUT2D eigenvalue weighted by Crippen LogP contribution is -2.19. The van der Waals surface area contributed by atoms with Crippen molar-refractivity contribution in [3.63, 3.8) is 0 Å². The fourth-order valence-corrected chi connectivity index (χ4v) is 2.37. The van der Waals surface area contributed by atoms with E-state index in [-0.39, 0.29) is 0 Å². The van der Waals surface area contributed by atoms with E-state index < -0.39 is 0 Å². The summed E-state index contributed by atoms with van der Waals surface area (Å²) in [5.74, 6) is 0. The molecule has 0 unspecified atom stereocenters. The number of nitrogens with zero attached hydrogens (tertiary/aromatic N) is 2. The van der Waals surface area contributed by atoms with Crippen LogP contribution in [0, 0.1) is 0 Å². The maximum absolute atomic E-state index is 4.45. The Kier molecular flexibility index (Phi) is 3.33. The summed E-state index contributed by atoms with van der Waals surface area (Å²) in [4.78, 5) is 0. The first-order valence-corrected chi connectivity index (χ1v) is 7.04. The normalized spacial score (nSPS) is 15.4. The summed E-state index contributed by atoms with van der Waals surface area (Å²) in [6.07, 6.45) is 6.94. The molecule has 2 aromatic rings. The van der Waals surface area contributed by atoms with Crippen LogP contribution in [0.2, 0.25) is 0 Å². The fraction of sp³-hybridized carbons (Fsp3) is 0.533. The molecule has 0 atom stereocenters. The van der Waals surface area contributed by atoms with E-state index in [9.17, 15) is 0 Å². The summed E-state index contributed by atoms with van der Waals surface area (Å²) >= 11 is 0. The van der Waals surface area contributed by atoms with Crippen molar-refractivity contribution >= 4 is 10.9 Å². The smallest absolute Gasteiger partial charge is 0.0685 e. The van der Waals surface area contributed by atoms with Crippen molar-refractivity contribution in [2.75, 3.05) is 6.54 Å². The first kappa shape index (κ1) is 11.7. The van der Waals surface area contributed by atoms with E-state index in [4.69, 9.17) is 0 Å². The van der Waals surface area contributed by atoms with E-state index in [1.54, 1.807) is 0 Å². The SMILES string of the molecule is CCCn1ncc2ccc(CCNC3CC3)cc21. The summed E-state index contributed by atoms with van der Waals surface area (Å²) in [6, 6.07) is 7.53. The molecule has 1 fully saturated rings. The first-order valence-electron chi connectivity index (χ1n) is 7.04. The predicted octanol–water partition coefficient (Wildman–Crippen LogP) is 2.74. The van der Waals surface area contributed by atoms with Crippen LogP contribution >= 0.6 is 0 Å². The Hall–Kier alpha value is -1.35. The molecule has 1 aromatic heterocycles. The minimum Gasteiger partial charge on any atom is -0.314 e. The Morgan fingerprint density at radius 3 is 3.06 bits per heavy atom. The van der Waals surface area contributed by atoms with Crippen LogP contribution in [0.3, 0.4) is 0 Å². The molecule has 1 aliphatic rings. The highest BCUT2D eigenvalue weighted by molar-refractivity contribution is 5.79. The molecule has 0 aliphatic heterocycles. The molecular weight excluding hydrogens is 222 g/mol. The second kappa shape index (κ2) is 5.11. The lowest BCUT2D eigenvalue weighted by molar-refractivity contribution is 0.622. The van der Waals surface area contributed by atoms with Crippen molar-refractivity contribution in [2.24, 2.45) is 0 Å². The second-order valence-electron chi connectivity index (χ2n) is 5.24. The molecule has 0 bridgehead atoms. The minimum absolute atomic E-state index is 0.805. The third-order valence-corrected chi connectivity index (χ3v) is 3.57. The molecule has 96 valence electrons. The van der Waals surface area contributed by atoms with Gasteiger partial charge in [0, 0.05) is 18.0 Å². The van der Waals surface area contributed by atoms with Crippen molar-refractivity contribution in [1.82, 2.24) is 15.1 Å². The summed E-state index contributed by atoms with van der Waals surface area (Å²) < 4.78 is 2.12. The highest BCUT2D eigenvalue weighted by atomic mass is 15.3. The molecule has 1 N–H and O–H groups in total. The quantitative estimate of drug-likeness (QED) is 0.845. The Morgan fingerprint density at radius 2 is 2.28 bits per heavy atom. The zero-order chi connectivity index (χ0) is 12.4. The summed E-state index contributed by atoms with van der Waals surface area (Å²) in [7, 11) is 0. The van der Waals surface area contributed by atoms with Gasteiger partial charge >= 0.3 is 0 Å². The number of hydrogen-bond acceptors (Lipinski definition) is 2. The average molecular weight is 243 g/mol. The molecular formula is C15H21N3. The van der Waals surface area contributed by atoms with E-state index in [2.05, 4.69) is 40.2 Å². The molecule has 1 aromatic carbocycles. The lowest BCUT2D eigenvalue weighted by Gasteiger charge is -2.05. The van der Waals surface area contributed by atoms with Crippen molar-refractivity contribution in [2.45, 2.75) is 45.2 Å². The molecule has 1 aliphatic carbocycles. The maximum atomic E-state index is 4.45. The fourth-order valence-electron chi connectivity index (χ4n) is 2.37. The second-order valence-corrected chi connectivity index (χ2v) is 5.24. The zero-order valence-corrected chi connectivity index (χ0v) is 11.0. The van der Waals surface area contributed by atoms with Crippen LogP contribution in [0.4, 0.5) is 0 Å². The zero-order valence-electron chi connectivity index (χ0n) is 11.0. The van der Waals surface area contributed by atoms with E-state index in [1.165, 1.54) is 29.3 Å². The van der Waals surface area contributed by atoms with Gasteiger partial charge < -0.3 is 5.32 Å². The van der Waals surface area contributed by atoms with Gasteiger partial charge in [0.05, 0.1) is 11.7 Å². The Balaban J connectivity index is 1.73. The molecule has 3 nitrogen and oxygen atoms in total. The Labute approximate surface area is 108 Å². The van der Waals surface area contributed by atoms with E-state index >= 15 is 0 Å². The number of rotatable bonds is 6. The number of fused-ring (bicyclic) bond motifs is 1. The summed E-state index contributed by atoms with van der Waals surface area (Å²) in [6.45, 7) is 4.29. The van der Waals surface area contributed by atoms with Crippen molar-refractivity contribution < 1.29 is 0 Å². The molecule has 0 saturated heterocycles. The van der Waals surface area contributed by atoms with E-state index in [0.29, 0.717) is 0 Å². The van der Waals surface area contributed by atoms with Crippen LogP contribution in [0.5, 0.6) is 0 Å². The van der Waals surface area contributed by atoms with Crippen LogP contribution in [-0.4, -0.2) is 22.4 Å². The average Bonchev–Trinajstić information content (AvgIpc) is 3.12. The molecule has 1 saturated carbocycles. The maximum Gasteiger partial charge on any atom is 0.0685 e. The largest absolute Gasteiger partial charge is 0.314 e. The molecule has 0 radical (unpaired) electrons. The first-order chi connectivity index (χ1) is 8.86. The van der Waals surface area contributed by atoms with Gasteiger partial charge in [-0.15, -0.1) is 0 Å². The highest BCUT2D eigenvalue weighted by Crippen LogP contribution is 2.19. The van der Waals surface area contributed by atoms with Crippen LogP contribution in [0.1, 0.15) is 31.7 Å². The molecule has 3 rings (SSSR count). The Bertz CT molecular complexity index is 526. The predicted molar refractivity (Wildman–Crippen MR) is 74.8 cm³/mol. The number of benzene rings is 1. The summed E-state index contributed by atoms with van der Waals surface area (Å²) in [5, 5.41) is 9.26. The highest BCUT2D eigenvalue weighted by Gasteiger charge is 2.19. The topological polar surface area (TPSA) is 29.9 Å². The van der Waals surface area contributed by atoms with Crippen LogP contribution in [0.15, 0.2) is 24.4 Å². The monoisotopic (exact) mass is 243 g/mol. The number of hydrogen-bond donors (Lipinski definition) is 1. The van der Waals surface area contributed by atoms with Crippen molar-refractivity contribution in [3.05, 3.63) is 30.0 Å². The van der Waals surface area contributed by atoms with Gasteiger partial charge in [-0.3, -0.25) is 4.68 Å². The van der Waals surface area contributed by atoms with Gasteiger partial charge in [-0.25, -0.2) is 0 Å². The number of nitrogens with one attached hydrogen (secondary N) is 1. The van der Waals surface area contributed by atoms with Gasteiger partial charge in [0.25, 0.3) is 0 Å². The third-order valence-electron chi connectivity index (χ3n) is 3.57. The van der Waals surface area contributed by atoms with E-state index in [1.807, 2.05) is 6.20 Å². The molecule has 1 heterocycles. The molecule has 0 spiro atoms.